The van der Waals surface area contributed by atoms with Crippen LogP contribution < -0.4 is 0 Å². The second-order valence-corrected chi connectivity index (χ2v) is 2.86. The highest BCUT2D eigenvalue weighted by Gasteiger charge is 2.13. The van der Waals surface area contributed by atoms with E-state index in [1.165, 1.54) is 0 Å². The zero-order valence-corrected chi connectivity index (χ0v) is 7.08. The maximum Gasteiger partial charge on any atom is 0.120 e. The standard InChI is InChI=1S/C8H15N3/c1-8(9-2)11-6-4-10(3)5-7-11/h1-2,4-7H2,3H3. The minimum absolute atomic E-state index is 0.804. The molecule has 1 aliphatic heterocycles. The molecule has 1 heterocycles. The summed E-state index contributed by atoms with van der Waals surface area (Å²) in [5, 5.41) is 0. The van der Waals surface area contributed by atoms with Crippen molar-refractivity contribution in [3.63, 3.8) is 0 Å². The Morgan fingerprint density at radius 1 is 1.27 bits per heavy atom. The van der Waals surface area contributed by atoms with E-state index in [1.54, 1.807) is 0 Å². The van der Waals surface area contributed by atoms with Gasteiger partial charge in [0.25, 0.3) is 0 Å². The smallest absolute Gasteiger partial charge is 0.120 e. The minimum Gasteiger partial charge on any atom is -0.355 e. The molecule has 11 heavy (non-hydrogen) atoms. The van der Waals surface area contributed by atoms with E-state index in [-0.39, 0.29) is 0 Å². The van der Waals surface area contributed by atoms with Crippen LogP contribution in [0.4, 0.5) is 0 Å². The zero-order valence-electron chi connectivity index (χ0n) is 7.08. The lowest BCUT2D eigenvalue weighted by Crippen LogP contribution is -2.43. The molecule has 3 heteroatoms. The van der Waals surface area contributed by atoms with Crippen LogP contribution in [0.2, 0.25) is 0 Å². The van der Waals surface area contributed by atoms with Crippen LogP contribution in [0.25, 0.3) is 0 Å². The Kier molecular flexibility index (Phi) is 2.65. The van der Waals surface area contributed by atoms with E-state index in [4.69, 9.17) is 0 Å². The summed E-state index contributed by atoms with van der Waals surface area (Å²) in [5.74, 6) is 0.804. The molecule has 0 bridgehead atoms. The zero-order chi connectivity index (χ0) is 8.27. The van der Waals surface area contributed by atoms with Gasteiger partial charge in [0.1, 0.15) is 5.82 Å². The molecule has 0 unspecified atom stereocenters. The first-order chi connectivity index (χ1) is 5.24. The van der Waals surface area contributed by atoms with Crippen molar-refractivity contribution in [2.45, 2.75) is 0 Å². The third-order valence-corrected chi connectivity index (χ3v) is 2.05. The Bertz CT molecular complexity index is 157. The highest BCUT2D eigenvalue weighted by atomic mass is 15.3. The quantitative estimate of drug-likeness (QED) is 0.535. The van der Waals surface area contributed by atoms with Gasteiger partial charge in [-0.05, 0) is 13.8 Å². The maximum atomic E-state index is 3.80. The Morgan fingerprint density at radius 3 is 2.27 bits per heavy atom. The van der Waals surface area contributed by atoms with E-state index in [2.05, 4.69) is 35.1 Å². The van der Waals surface area contributed by atoms with Crippen molar-refractivity contribution in [2.24, 2.45) is 4.99 Å². The molecule has 0 amide bonds. The summed E-state index contributed by atoms with van der Waals surface area (Å²) in [6, 6.07) is 0. The van der Waals surface area contributed by atoms with Gasteiger partial charge in [-0.25, -0.2) is 4.99 Å². The first-order valence-electron chi connectivity index (χ1n) is 3.83. The molecule has 0 saturated carbocycles. The van der Waals surface area contributed by atoms with E-state index >= 15 is 0 Å². The SMILES string of the molecule is C=NC(=C)N1CCN(C)CC1. The Balaban J connectivity index is 2.38. The van der Waals surface area contributed by atoms with Gasteiger partial charge in [-0.15, -0.1) is 0 Å². The predicted molar refractivity (Wildman–Crippen MR) is 47.8 cm³/mol. The van der Waals surface area contributed by atoms with Gasteiger partial charge >= 0.3 is 0 Å². The number of rotatable bonds is 2. The molecule has 62 valence electrons. The van der Waals surface area contributed by atoms with Crippen molar-refractivity contribution in [3.05, 3.63) is 12.4 Å². The molecule has 3 nitrogen and oxygen atoms in total. The number of likely N-dealkylation sites (N-methyl/N-ethyl adjacent to an activating group) is 1. The Hall–Kier alpha value is -0.830. The molecular formula is C8H15N3. The van der Waals surface area contributed by atoms with Crippen molar-refractivity contribution < 1.29 is 0 Å². The van der Waals surface area contributed by atoms with Crippen LogP contribution in [-0.2, 0) is 0 Å². The predicted octanol–water partition coefficient (Wildman–Crippen LogP) is 0.406. The molecule has 1 rings (SSSR count). The summed E-state index contributed by atoms with van der Waals surface area (Å²) >= 11 is 0. The average Bonchev–Trinajstić information content (AvgIpc) is 2.05. The molecule has 0 N–H and O–H groups in total. The van der Waals surface area contributed by atoms with E-state index in [0.717, 1.165) is 32.0 Å². The number of nitrogens with zero attached hydrogens (tertiary/aromatic N) is 3. The third-order valence-electron chi connectivity index (χ3n) is 2.05. The minimum atomic E-state index is 0.804. The fourth-order valence-electron chi connectivity index (χ4n) is 1.16. The summed E-state index contributed by atoms with van der Waals surface area (Å²) in [5.41, 5.74) is 0. The van der Waals surface area contributed by atoms with Crippen LogP contribution in [0.1, 0.15) is 0 Å². The van der Waals surface area contributed by atoms with E-state index in [1.807, 2.05) is 0 Å². The summed E-state index contributed by atoms with van der Waals surface area (Å²) in [6.45, 7) is 11.5. The fourth-order valence-corrected chi connectivity index (χ4v) is 1.16. The first kappa shape index (κ1) is 8.27. The highest BCUT2D eigenvalue weighted by molar-refractivity contribution is 5.27. The van der Waals surface area contributed by atoms with Gasteiger partial charge in [-0.1, -0.05) is 6.58 Å². The highest BCUT2D eigenvalue weighted by Crippen LogP contribution is 2.06. The summed E-state index contributed by atoms with van der Waals surface area (Å²) in [7, 11) is 2.13. The first-order valence-corrected chi connectivity index (χ1v) is 3.83. The number of piperazine rings is 1. The lowest BCUT2D eigenvalue weighted by molar-refractivity contribution is 0.186. The second kappa shape index (κ2) is 3.53. The van der Waals surface area contributed by atoms with Crippen LogP contribution in [0.15, 0.2) is 17.4 Å². The summed E-state index contributed by atoms with van der Waals surface area (Å²) < 4.78 is 0. The van der Waals surface area contributed by atoms with E-state index < -0.39 is 0 Å². The van der Waals surface area contributed by atoms with Gasteiger partial charge in [0, 0.05) is 26.2 Å². The molecule has 1 aliphatic rings. The van der Waals surface area contributed by atoms with Gasteiger partial charge in [-0.2, -0.15) is 0 Å². The van der Waals surface area contributed by atoms with Crippen molar-refractivity contribution in [3.8, 4) is 0 Å². The molecular weight excluding hydrogens is 138 g/mol. The van der Waals surface area contributed by atoms with Gasteiger partial charge in [-0.3, -0.25) is 0 Å². The van der Waals surface area contributed by atoms with Gasteiger partial charge in [0.15, 0.2) is 0 Å². The van der Waals surface area contributed by atoms with Crippen LogP contribution in [-0.4, -0.2) is 49.7 Å². The topological polar surface area (TPSA) is 18.8 Å². The lowest BCUT2D eigenvalue weighted by atomic mass is 10.3. The molecule has 0 aromatic rings. The molecule has 0 radical (unpaired) electrons. The monoisotopic (exact) mass is 153 g/mol. The van der Waals surface area contributed by atoms with Crippen molar-refractivity contribution in [2.75, 3.05) is 33.2 Å². The molecule has 0 spiro atoms. The average molecular weight is 153 g/mol. The largest absolute Gasteiger partial charge is 0.355 e. The van der Waals surface area contributed by atoms with Crippen LogP contribution in [0, 0.1) is 0 Å². The van der Waals surface area contributed by atoms with Crippen molar-refractivity contribution >= 4 is 6.72 Å². The summed E-state index contributed by atoms with van der Waals surface area (Å²) in [4.78, 5) is 8.26. The fraction of sp³-hybridized carbons (Fsp3) is 0.625. The van der Waals surface area contributed by atoms with Crippen LogP contribution >= 0.6 is 0 Å². The maximum absolute atomic E-state index is 3.80. The molecule has 0 aromatic carbocycles. The van der Waals surface area contributed by atoms with Gasteiger partial charge in [0.05, 0.1) is 0 Å². The molecule has 1 saturated heterocycles. The Labute approximate surface area is 68.0 Å². The summed E-state index contributed by atoms with van der Waals surface area (Å²) in [6.07, 6.45) is 0. The van der Waals surface area contributed by atoms with Gasteiger partial charge in [0.2, 0.25) is 0 Å². The number of aliphatic imine (C=N–C) groups is 1. The molecule has 0 atom stereocenters. The van der Waals surface area contributed by atoms with Crippen molar-refractivity contribution in [1.29, 1.82) is 0 Å². The lowest BCUT2D eigenvalue weighted by Gasteiger charge is -2.33. The third kappa shape index (κ3) is 2.05. The van der Waals surface area contributed by atoms with E-state index in [9.17, 15) is 0 Å². The molecule has 0 aliphatic carbocycles. The van der Waals surface area contributed by atoms with Crippen LogP contribution in [0.3, 0.4) is 0 Å². The second-order valence-electron chi connectivity index (χ2n) is 2.86. The van der Waals surface area contributed by atoms with Gasteiger partial charge < -0.3 is 9.80 Å². The van der Waals surface area contributed by atoms with E-state index in [0.29, 0.717) is 0 Å². The number of hydrogen-bond donors (Lipinski definition) is 0. The Morgan fingerprint density at radius 2 is 1.82 bits per heavy atom. The number of hydrogen-bond acceptors (Lipinski definition) is 3. The normalized spacial score (nSPS) is 19.9. The molecule has 0 aromatic heterocycles. The van der Waals surface area contributed by atoms with Crippen LogP contribution in [0.5, 0.6) is 0 Å². The van der Waals surface area contributed by atoms with Crippen molar-refractivity contribution in [1.82, 2.24) is 9.80 Å². The molecule has 1 fully saturated rings.